The number of anilines is 2. The first-order valence-electron chi connectivity index (χ1n) is 4.77. The van der Waals surface area contributed by atoms with E-state index < -0.39 is 10.0 Å². The topological polar surface area (TPSA) is 98.0 Å². The molecule has 0 saturated heterocycles. The Labute approximate surface area is 113 Å². The van der Waals surface area contributed by atoms with Gasteiger partial charge in [-0.1, -0.05) is 17.4 Å². The summed E-state index contributed by atoms with van der Waals surface area (Å²) in [6.45, 7) is 0. The van der Waals surface area contributed by atoms with Crippen LogP contribution in [0.2, 0.25) is 0 Å². The fourth-order valence-electron chi connectivity index (χ4n) is 1.21. The van der Waals surface area contributed by atoms with Gasteiger partial charge in [0, 0.05) is 4.90 Å². The van der Waals surface area contributed by atoms with Gasteiger partial charge in [0.05, 0.1) is 5.69 Å². The Morgan fingerprint density at radius 1 is 1.39 bits per heavy atom. The molecule has 0 unspecified atom stereocenters. The fourth-order valence-corrected chi connectivity index (χ4v) is 3.51. The average Bonchev–Trinajstić information content (AvgIpc) is 2.76. The summed E-state index contributed by atoms with van der Waals surface area (Å²) < 4.78 is 26.2. The molecule has 2 aromatic rings. The molecule has 0 bridgehead atoms. The lowest BCUT2D eigenvalue weighted by molar-refractivity contribution is 0.599. The number of benzene rings is 1. The second-order valence-corrected chi connectivity index (χ2v) is 6.99. The summed E-state index contributed by atoms with van der Waals surface area (Å²) in [7, 11) is -3.71. The number of nitrogens with zero attached hydrogens (tertiary/aromatic N) is 2. The quantitative estimate of drug-likeness (QED) is 0.833. The maximum atomic E-state index is 11.9. The van der Waals surface area contributed by atoms with Crippen LogP contribution in [0.4, 0.5) is 10.8 Å². The zero-order valence-electron chi connectivity index (χ0n) is 9.32. The summed E-state index contributed by atoms with van der Waals surface area (Å²) in [6.07, 6.45) is 1.92. The predicted molar refractivity (Wildman–Crippen MR) is 73.4 cm³/mol. The molecule has 0 amide bonds. The molecule has 0 radical (unpaired) electrons. The summed E-state index contributed by atoms with van der Waals surface area (Å²) in [5.41, 5.74) is 5.85. The van der Waals surface area contributed by atoms with Crippen LogP contribution in [0.5, 0.6) is 0 Å². The minimum Gasteiger partial charge on any atom is -0.374 e. The summed E-state index contributed by atoms with van der Waals surface area (Å²) in [6, 6.07) is 7.08. The van der Waals surface area contributed by atoms with Crippen molar-refractivity contribution in [2.45, 2.75) is 9.24 Å². The molecule has 0 atom stereocenters. The van der Waals surface area contributed by atoms with Gasteiger partial charge in [-0.15, -0.1) is 22.0 Å². The van der Waals surface area contributed by atoms with Gasteiger partial charge in [0.1, 0.15) is 0 Å². The minimum absolute atomic E-state index is 0.119. The van der Waals surface area contributed by atoms with Crippen LogP contribution in [0, 0.1) is 0 Å². The smallest absolute Gasteiger partial charge is 0.291 e. The van der Waals surface area contributed by atoms with Crippen LogP contribution in [-0.4, -0.2) is 24.9 Å². The van der Waals surface area contributed by atoms with Crippen molar-refractivity contribution in [3.63, 3.8) is 0 Å². The van der Waals surface area contributed by atoms with Gasteiger partial charge in [-0.05, 0) is 24.5 Å². The normalized spacial score (nSPS) is 11.4. The molecule has 9 heteroatoms. The second-order valence-electron chi connectivity index (χ2n) is 3.24. The van der Waals surface area contributed by atoms with E-state index in [1.807, 2.05) is 12.3 Å². The Morgan fingerprint density at radius 3 is 2.78 bits per heavy atom. The summed E-state index contributed by atoms with van der Waals surface area (Å²) >= 11 is 2.35. The monoisotopic (exact) mass is 302 g/mol. The SMILES string of the molecule is CSc1cccc(NS(=O)(=O)c2nnc(N)s2)c1. The molecule has 0 saturated carbocycles. The van der Waals surface area contributed by atoms with Crippen molar-refractivity contribution in [1.29, 1.82) is 0 Å². The third-order valence-corrected chi connectivity index (χ3v) is 5.20. The number of hydrogen-bond donors (Lipinski definition) is 2. The highest BCUT2D eigenvalue weighted by Gasteiger charge is 2.19. The van der Waals surface area contributed by atoms with Crippen LogP contribution >= 0.6 is 23.1 Å². The van der Waals surface area contributed by atoms with Gasteiger partial charge in [-0.2, -0.15) is 8.42 Å². The van der Waals surface area contributed by atoms with E-state index in [2.05, 4.69) is 14.9 Å². The van der Waals surface area contributed by atoms with Crippen molar-refractivity contribution in [3.05, 3.63) is 24.3 Å². The third kappa shape index (κ3) is 2.92. The molecular weight excluding hydrogens is 292 g/mol. The summed E-state index contributed by atoms with van der Waals surface area (Å²) in [5.74, 6) is 0. The third-order valence-electron chi connectivity index (χ3n) is 1.97. The van der Waals surface area contributed by atoms with Gasteiger partial charge in [-0.3, -0.25) is 4.72 Å². The lowest BCUT2D eigenvalue weighted by Gasteiger charge is -2.05. The number of nitrogens with two attached hydrogens (primary N) is 1. The molecule has 1 aromatic heterocycles. The van der Waals surface area contributed by atoms with Crippen LogP contribution in [0.25, 0.3) is 0 Å². The van der Waals surface area contributed by atoms with E-state index in [-0.39, 0.29) is 9.47 Å². The molecule has 1 aromatic carbocycles. The van der Waals surface area contributed by atoms with E-state index in [9.17, 15) is 8.42 Å². The Hall–Kier alpha value is -1.32. The van der Waals surface area contributed by atoms with Crippen molar-refractivity contribution in [3.8, 4) is 0 Å². The highest BCUT2D eigenvalue weighted by atomic mass is 32.2. The van der Waals surface area contributed by atoms with Crippen LogP contribution < -0.4 is 10.5 Å². The average molecular weight is 302 g/mol. The number of hydrogen-bond acceptors (Lipinski definition) is 7. The fraction of sp³-hybridized carbons (Fsp3) is 0.111. The van der Waals surface area contributed by atoms with Gasteiger partial charge in [0.2, 0.25) is 5.13 Å². The van der Waals surface area contributed by atoms with Crippen molar-refractivity contribution in [1.82, 2.24) is 10.2 Å². The Morgan fingerprint density at radius 2 is 2.17 bits per heavy atom. The van der Waals surface area contributed by atoms with Crippen LogP contribution in [-0.2, 0) is 10.0 Å². The van der Waals surface area contributed by atoms with Gasteiger partial charge in [-0.25, -0.2) is 0 Å². The number of nitrogens with one attached hydrogen (secondary N) is 1. The predicted octanol–water partition coefficient (Wildman–Crippen LogP) is 1.64. The van der Waals surface area contributed by atoms with E-state index >= 15 is 0 Å². The summed E-state index contributed by atoms with van der Waals surface area (Å²) in [5, 5.41) is 7.11. The molecule has 96 valence electrons. The van der Waals surface area contributed by atoms with Crippen molar-refractivity contribution in [2.75, 3.05) is 16.7 Å². The molecule has 0 aliphatic heterocycles. The maximum absolute atomic E-state index is 11.9. The lowest BCUT2D eigenvalue weighted by Crippen LogP contribution is -2.12. The lowest BCUT2D eigenvalue weighted by atomic mass is 10.3. The number of rotatable bonds is 4. The molecule has 0 fully saturated rings. The van der Waals surface area contributed by atoms with E-state index in [1.165, 1.54) is 11.8 Å². The molecule has 1 heterocycles. The van der Waals surface area contributed by atoms with Gasteiger partial charge < -0.3 is 5.73 Å². The molecular formula is C9H10N4O2S3. The Bertz CT molecular complexity index is 653. The maximum Gasteiger partial charge on any atom is 0.291 e. The van der Waals surface area contributed by atoms with Crippen molar-refractivity contribution < 1.29 is 8.42 Å². The van der Waals surface area contributed by atoms with Crippen LogP contribution in [0.15, 0.2) is 33.5 Å². The first kappa shape index (κ1) is 13.1. The van der Waals surface area contributed by atoms with Gasteiger partial charge >= 0.3 is 0 Å². The van der Waals surface area contributed by atoms with E-state index in [4.69, 9.17) is 5.73 Å². The van der Waals surface area contributed by atoms with Crippen LogP contribution in [0.3, 0.4) is 0 Å². The summed E-state index contributed by atoms with van der Waals surface area (Å²) in [4.78, 5) is 0.965. The molecule has 18 heavy (non-hydrogen) atoms. The molecule has 0 aliphatic carbocycles. The van der Waals surface area contributed by atoms with E-state index in [0.717, 1.165) is 16.2 Å². The van der Waals surface area contributed by atoms with E-state index in [1.54, 1.807) is 18.2 Å². The first-order chi connectivity index (χ1) is 8.51. The standard InChI is InChI=1S/C9H10N4O2S3/c1-16-7-4-2-3-6(5-7)13-18(14,15)9-12-11-8(10)17-9/h2-5,13H,1H3,(H2,10,11). The Kier molecular flexibility index (Phi) is 3.73. The van der Waals surface area contributed by atoms with Gasteiger partial charge in [0.15, 0.2) is 0 Å². The van der Waals surface area contributed by atoms with Crippen molar-refractivity contribution in [2.24, 2.45) is 0 Å². The molecule has 0 aliphatic rings. The number of nitrogen functional groups attached to an aromatic ring is 1. The van der Waals surface area contributed by atoms with E-state index in [0.29, 0.717) is 5.69 Å². The van der Waals surface area contributed by atoms with Crippen LogP contribution in [0.1, 0.15) is 0 Å². The minimum atomic E-state index is -3.71. The number of aromatic nitrogens is 2. The zero-order valence-corrected chi connectivity index (χ0v) is 11.8. The second kappa shape index (κ2) is 5.12. The molecule has 0 spiro atoms. The van der Waals surface area contributed by atoms with Gasteiger partial charge in [0.25, 0.3) is 14.4 Å². The number of sulfonamides is 1. The Balaban J connectivity index is 2.27. The molecule has 3 N–H and O–H groups in total. The van der Waals surface area contributed by atoms with Crippen molar-refractivity contribution >= 4 is 43.9 Å². The largest absolute Gasteiger partial charge is 0.374 e. The highest BCUT2D eigenvalue weighted by Crippen LogP contribution is 2.23. The first-order valence-corrected chi connectivity index (χ1v) is 8.29. The zero-order chi connectivity index (χ0) is 13.2. The highest BCUT2D eigenvalue weighted by molar-refractivity contribution is 7.98. The molecule has 2 rings (SSSR count). The molecule has 6 nitrogen and oxygen atoms in total. The number of thioether (sulfide) groups is 1.